The van der Waals surface area contributed by atoms with Crippen LogP contribution in [0.5, 0.6) is 5.75 Å². The van der Waals surface area contributed by atoms with E-state index >= 15 is 0 Å². The summed E-state index contributed by atoms with van der Waals surface area (Å²) in [4.78, 5) is 25.7. The first-order valence-corrected chi connectivity index (χ1v) is 10.4. The van der Waals surface area contributed by atoms with E-state index < -0.39 is 0 Å². The fraction of sp³-hybridized carbons (Fsp3) is 0.389. The highest BCUT2D eigenvalue weighted by Crippen LogP contribution is 2.73. The summed E-state index contributed by atoms with van der Waals surface area (Å²) in [5, 5.41) is 15.4. The highest BCUT2D eigenvalue weighted by molar-refractivity contribution is 14.1. The van der Waals surface area contributed by atoms with E-state index in [9.17, 15) is 14.7 Å². The van der Waals surface area contributed by atoms with E-state index in [0.717, 1.165) is 21.4 Å². The average Bonchev–Trinajstić information content (AvgIpc) is 3.17. The van der Waals surface area contributed by atoms with Crippen LogP contribution in [0.3, 0.4) is 0 Å². The van der Waals surface area contributed by atoms with Crippen molar-refractivity contribution in [1.82, 2.24) is 5.01 Å². The van der Waals surface area contributed by atoms with E-state index in [0.29, 0.717) is 9.13 Å². The van der Waals surface area contributed by atoms with Crippen molar-refractivity contribution < 1.29 is 14.7 Å². The molecule has 4 atom stereocenters. The molecule has 25 heavy (non-hydrogen) atoms. The fourth-order valence-corrected chi connectivity index (χ4v) is 6.87. The van der Waals surface area contributed by atoms with E-state index in [4.69, 9.17) is 0 Å². The standard InChI is InChI=1S/C18H14I2N2O3/c19-9-5-8(15(23)12(20)6-9)7-21-22-16(24)13-10-1-2-11(14(13)17(22)25)18(10)3-4-18/h1-2,5-7,10-11,13-14,23H,3-4H2/b21-7-/t10-,11-,13+,14+/m1/s1. The highest BCUT2D eigenvalue weighted by atomic mass is 127. The molecule has 3 fully saturated rings. The summed E-state index contributed by atoms with van der Waals surface area (Å²) in [6.45, 7) is 0. The van der Waals surface area contributed by atoms with Gasteiger partial charge in [0.05, 0.1) is 21.6 Å². The number of phenols is 1. The van der Waals surface area contributed by atoms with Gasteiger partial charge in [0, 0.05) is 9.13 Å². The minimum Gasteiger partial charge on any atom is -0.506 e. The number of hydrazone groups is 1. The number of fused-ring (bicyclic) bond motifs is 3. The van der Waals surface area contributed by atoms with Crippen molar-refractivity contribution >= 4 is 63.2 Å². The minimum atomic E-state index is -0.244. The van der Waals surface area contributed by atoms with Crippen LogP contribution in [0.4, 0.5) is 0 Å². The summed E-state index contributed by atoms with van der Waals surface area (Å²) in [5.41, 5.74) is 0.703. The quantitative estimate of drug-likeness (QED) is 0.262. The van der Waals surface area contributed by atoms with Crippen LogP contribution in [0.15, 0.2) is 29.4 Å². The number of imide groups is 1. The first kappa shape index (κ1) is 16.2. The van der Waals surface area contributed by atoms with Gasteiger partial charge in [0.2, 0.25) is 0 Å². The van der Waals surface area contributed by atoms with Gasteiger partial charge in [-0.1, -0.05) is 12.2 Å². The van der Waals surface area contributed by atoms with Crippen LogP contribution in [0.25, 0.3) is 0 Å². The molecule has 3 aliphatic carbocycles. The molecular weight excluding hydrogens is 546 g/mol. The van der Waals surface area contributed by atoms with E-state index in [-0.39, 0.29) is 46.7 Å². The number of nitrogens with zero attached hydrogens (tertiary/aromatic N) is 2. The van der Waals surface area contributed by atoms with Gasteiger partial charge in [-0.25, -0.2) is 0 Å². The second-order valence-electron chi connectivity index (χ2n) is 7.28. The number of allylic oxidation sites excluding steroid dienone is 2. The van der Waals surface area contributed by atoms with Crippen molar-refractivity contribution in [2.24, 2.45) is 34.2 Å². The molecule has 5 nitrogen and oxygen atoms in total. The van der Waals surface area contributed by atoms with Crippen molar-refractivity contribution in [3.8, 4) is 5.75 Å². The first-order chi connectivity index (χ1) is 11.9. The Morgan fingerprint density at radius 2 is 1.72 bits per heavy atom. The molecule has 2 saturated carbocycles. The zero-order valence-corrected chi connectivity index (χ0v) is 17.3. The summed E-state index contributed by atoms with van der Waals surface area (Å²) in [6.07, 6.45) is 7.95. The molecule has 0 radical (unpaired) electrons. The molecule has 1 aromatic carbocycles. The van der Waals surface area contributed by atoms with Crippen LogP contribution in [0, 0.1) is 36.2 Å². The number of carbonyl (C=O) groups excluding carboxylic acids is 2. The Bertz CT molecular complexity index is 857. The number of benzene rings is 1. The highest BCUT2D eigenvalue weighted by Gasteiger charge is 2.73. The summed E-state index contributed by atoms with van der Waals surface area (Å²) in [7, 11) is 0. The Kier molecular flexibility index (Phi) is 3.42. The zero-order chi connectivity index (χ0) is 17.5. The lowest BCUT2D eigenvalue weighted by molar-refractivity contribution is -0.141. The molecule has 128 valence electrons. The Hall–Kier alpha value is -0.970. The zero-order valence-electron chi connectivity index (χ0n) is 13.0. The number of phenolic OH excluding ortho intramolecular Hbond substituents is 1. The number of amides is 2. The van der Waals surface area contributed by atoms with Crippen molar-refractivity contribution in [3.05, 3.63) is 37.0 Å². The third-order valence-corrected chi connectivity index (χ3v) is 7.64. The largest absolute Gasteiger partial charge is 0.506 e. The molecule has 0 unspecified atom stereocenters. The molecule has 1 aromatic rings. The van der Waals surface area contributed by atoms with Crippen molar-refractivity contribution in [1.29, 1.82) is 0 Å². The lowest BCUT2D eigenvalue weighted by atomic mass is 9.85. The van der Waals surface area contributed by atoms with Gasteiger partial charge >= 0.3 is 0 Å². The van der Waals surface area contributed by atoms with Crippen LogP contribution in [0.2, 0.25) is 0 Å². The number of aromatic hydroxyl groups is 1. The molecule has 2 amide bonds. The molecule has 0 aromatic heterocycles. The fourth-order valence-electron chi connectivity index (χ4n) is 4.98. The average molecular weight is 560 g/mol. The summed E-state index contributed by atoms with van der Waals surface area (Å²) >= 11 is 4.20. The van der Waals surface area contributed by atoms with E-state index in [1.165, 1.54) is 6.21 Å². The smallest absolute Gasteiger partial charge is 0.254 e. The Balaban J connectivity index is 1.46. The van der Waals surface area contributed by atoms with E-state index in [1.807, 2.05) is 28.7 Å². The predicted octanol–water partition coefficient (Wildman–Crippen LogP) is 3.13. The van der Waals surface area contributed by atoms with Crippen LogP contribution >= 0.6 is 45.2 Å². The number of hydrogen-bond acceptors (Lipinski definition) is 4. The lowest BCUT2D eigenvalue weighted by Crippen LogP contribution is -2.30. The van der Waals surface area contributed by atoms with Crippen molar-refractivity contribution in [3.63, 3.8) is 0 Å². The molecule has 1 heterocycles. The second-order valence-corrected chi connectivity index (χ2v) is 9.69. The van der Waals surface area contributed by atoms with Crippen molar-refractivity contribution in [2.75, 3.05) is 0 Å². The van der Waals surface area contributed by atoms with Crippen molar-refractivity contribution in [2.45, 2.75) is 12.8 Å². The van der Waals surface area contributed by atoms with Gasteiger partial charge < -0.3 is 5.11 Å². The minimum absolute atomic E-state index is 0.114. The number of halogens is 2. The monoisotopic (exact) mass is 560 g/mol. The molecule has 1 spiro atoms. The van der Waals surface area contributed by atoms with E-state index in [1.54, 1.807) is 6.07 Å². The van der Waals surface area contributed by atoms with E-state index in [2.05, 4.69) is 39.8 Å². The maximum absolute atomic E-state index is 12.8. The van der Waals surface area contributed by atoms with Crippen LogP contribution in [-0.4, -0.2) is 28.1 Å². The molecule has 2 bridgehead atoms. The first-order valence-electron chi connectivity index (χ1n) is 8.22. The van der Waals surface area contributed by atoms with Gasteiger partial charge in [-0.3, -0.25) is 9.59 Å². The summed E-state index contributed by atoms with van der Waals surface area (Å²) < 4.78 is 1.66. The Morgan fingerprint density at radius 3 is 2.28 bits per heavy atom. The molecular formula is C18H14I2N2O3. The number of hydrogen-bond donors (Lipinski definition) is 1. The van der Waals surface area contributed by atoms with Crippen LogP contribution < -0.4 is 0 Å². The lowest BCUT2D eigenvalue weighted by Gasteiger charge is -2.18. The molecule has 1 saturated heterocycles. The van der Waals surface area contributed by atoms with Gasteiger partial charge in [-0.15, -0.1) is 0 Å². The third-order valence-electron chi connectivity index (χ3n) is 6.20. The van der Waals surface area contributed by atoms with Gasteiger partial charge in [-0.05, 0) is 87.4 Å². The number of rotatable bonds is 2. The third kappa shape index (κ3) is 2.08. The van der Waals surface area contributed by atoms with Crippen LogP contribution in [0.1, 0.15) is 18.4 Å². The molecule has 1 N–H and O–H groups in total. The maximum Gasteiger partial charge on any atom is 0.254 e. The molecule has 7 heteroatoms. The summed E-state index contributed by atoms with van der Waals surface area (Å²) in [5.74, 6) is -0.345. The number of carbonyl (C=O) groups is 2. The Morgan fingerprint density at radius 1 is 1.12 bits per heavy atom. The Labute approximate surface area is 171 Å². The topological polar surface area (TPSA) is 70.0 Å². The second kappa shape index (κ2) is 5.28. The SMILES string of the molecule is O=C1[C@@H]2[C@@H](C(=O)N1/N=C\c1cc(I)cc(I)c1O)[C@H]1C=C[C@H]2C12CC2. The van der Waals surface area contributed by atoms with Gasteiger partial charge in [0.15, 0.2) is 0 Å². The van der Waals surface area contributed by atoms with Gasteiger partial charge in [0.25, 0.3) is 11.8 Å². The molecule has 4 aliphatic rings. The van der Waals surface area contributed by atoms with Crippen LogP contribution in [-0.2, 0) is 9.59 Å². The summed E-state index contributed by atoms with van der Waals surface area (Å²) in [6, 6.07) is 3.63. The molecule has 5 rings (SSSR count). The maximum atomic E-state index is 12.8. The normalized spacial score (nSPS) is 33.9. The van der Waals surface area contributed by atoms with Gasteiger partial charge in [0.1, 0.15) is 5.75 Å². The predicted molar refractivity (Wildman–Crippen MR) is 108 cm³/mol. The molecule has 1 aliphatic heterocycles. The van der Waals surface area contributed by atoms with Gasteiger partial charge in [-0.2, -0.15) is 10.1 Å².